The van der Waals surface area contributed by atoms with Gasteiger partial charge in [-0.15, -0.1) is 0 Å². The Morgan fingerprint density at radius 1 is 1.28 bits per heavy atom. The van der Waals surface area contributed by atoms with Crippen LogP contribution in [0.3, 0.4) is 0 Å². The number of hydrogen-bond acceptors (Lipinski definition) is 2. The van der Waals surface area contributed by atoms with Crippen LogP contribution in [-0.4, -0.2) is 31.1 Å². The standard InChI is InChI=1S/C16H26N2/c1-4-17-12-15(14-8-6-5-7-9-14)18-11-10-16(2,3)13-18/h5-9,15,17H,4,10-13H2,1-3H3. The van der Waals surface area contributed by atoms with Crippen molar-refractivity contribution in [2.24, 2.45) is 5.41 Å². The first kappa shape index (κ1) is 13.6. The van der Waals surface area contributed by atoms with Gasteiger partial charge in [-0.2, -0.15) is 0 Å². The summed E-state index contributed by atoms with van der Waals surface area (Å²) in [5.41, 5.74) is 1.91. The highest BCUT2D eigenvalue weighted by atomic mass is 15.2. The van der Waals surface area contributed by atoms with E-state index in [1.807, 2.05) is 0 Å². The molecule has 0 bridgehead atoms. The van der Waals surface area contributed by atoms with E-state index in [1.54, 1.807) is 0 Å². The van der Waals surface area contributed by atoms with Crippen LogP contribution in [0.4, 0.5) is 0 Å². The Morgan fingerprint density at radius 2 is 2.00 bits per heavy atom. The quantitative estimate of drug-likeness (QED) is 0.859. The molecule has 1 aliphatic rings. The van der Waals surface area contributed by atoms with Crippen molar-refractivity contribution in [3.8, 4) is 0 Å². The lowest BCUT2D eigenvalue weighted by atomic mass is 9.93. The molecule has 0 aromatic heterocycles. The Kier molecular flexibility index (Phi) is 4.41. The molecule has 100 valence electrons. The fourth-order valence-electron chi connectivity index (χ4n) is 2.83. The molecule has 1 fully saturated rings. The molecule has 1 saturated heterocycles. The van der Waals surface area contributed by atoms with Crippen molar-refractivity contribution in [1.29, 1.82) is 0 Å². The minimum absolute atomic E-state index is 0.471. The molecule has 0 amide bonds. The number of likely N-dealkylation sites (tertiary alicyclic amines) is 1. The van der Waals surface area contributed by atoms with Gasteiger partial charge in [0.15, 0.2) is 0 Å². The summed E-state index contributed by atoms with van der Waals surface area (Å²) in [7, 11) is 0. The SMILES string of the molecule is CCNCC(c1ccccc1)N1CCC(C)(C)C1. The van der Waals surface area contributed by atoms with Crippen molar-refractivity contribution < 1.29 is 0 Å². The fourth-order valence-corrected chi connectivity index (χ4v) is 2.83. The first-order valence-electron chi connectivity index (χ1n) is 7.12. The van der Waals surface area contributed by atoms with E-state index < -0.39 is 0 Å². The molecule has 2 heteroatoms. The van der Waals surface area contributed by atoms with Gasteiger partial charge in [0.05, 0.1) is 0 Å². The molecule has 1 aromatic rings. The number of nitrogens with one attached hydrogen (secondary N) is 1. The predicted molar refractivity (Wildman–Crippen MR) is 77.7 cm³/mol. The molecule has 1 atom stereocenters. The van der Waals surface area contributed by atoms with Gasteiger partial charge in [-0.25, -0.2) is 0 Å². The average molecular weight is 246 g/mol. The highest BCUT2D eigenvalue weighted by Gasteiger charge is 2.33. The van der Waals surface area contributed by atoms with Crippen molar-refractivity contribution in [2.45, 2.75) is 33.2 Å². The maximum absolute atomic E-state index is 3.51. The first-order chi connectivity index (χ1) is 8.62. The second-order valence-corrected chi connectivity index (χ2v) is 6.12. The van der Waals surface area contributed by atoms with E-state index in [0.29, 0.717) is 11.5 Å². The van der Waals surface area contributed by atoms with E-state index in [9.17, 15) is 0 Å². The lowest BCUT2D eigenvalue weighted by Crippen LogP contribution is -2.35. The minimum atomic E-state index is 0.471. The first-order valence-corrected chi connectivity index (χ1v) is 7.12. The highest BCUT2D eigenvalue weighted by Crippen LogP contribution is 2.34. The van der Waals surface area contributed by atoms with Crippen LogP contribution >= 0.6 is 0 Å². The van der Waals surface area contributed by atoms with Crippen molar-refractivity contribution >= 4 is 0 Å². The number of benzene rings is 1. The molecule has 1 N–H and O–H groups in total. The zero-order valence-electron chi connectivity index (χ0n) is 11.9. The average Bonchev–Trinajstić information content (AvgIpc) is 2.72. The number of nitrogens with zero attached hydrogens (tertiary/aromatic N) is 1. The monoisotopic (exact) mass is 246 g/mol. The van der Waals surface area contributed by atoms with Gasteiger partial charge in [0.2, 0.25) is 0 Å². The zero-order chi connectivity index (χ0) is 13.0. The van der Waals surface area contributed by atoms with E-state index in [2.05, 4.69) is 61.3 Å². The number of hydrogen-bond donors (Lipinski definition) is 1. The third-order valence-electron chi connectivity index (χ3n) is 3.92. The smallest absolute Gasteiger partial charge is 0.0472 e. The largest absolute Gasteiger partial charge is 0.315 e. The van der Waals surface area contributed by atoms with Crippen LogP contribution in [0.2, 0.25) is 0 Å². The van der Waals surface area contributed by atoms with Gasteiger partial charge in [-0.1, -0.05) is 51.1 Å². The summed E-state index contributed by atoms with van der Waals surface area (Å²) in [5.74, 6) is 0. The van der Waals surface area contributed by atoms with Crippen LogP contribution in [0, 0.1) is 5.41 Å². The van der Waals surface area contributed by atoms with Crippen LogP contribution in [0.25, 0.3) is 0 Å². The third kappa shape index (κ3) is 3.33. The fraction of sp³-hybridized carbons (Fsp3) is 0.625. The van der Waals surface area contributed by atoms with Crippen LogP contribution in [-0.2, 0) is 0 Å². The van der Waals surface area contributed by atoms with Gasteiger partial charge >= 0.3 is 0 Å². The summed E-state index contributed by atoms with van der Waals surface area (Å²) in [5, 5.41) is 3.51. The van der Waals surface area contributed by atoms with E-state index in [0.717, 1.165) is 13.1 Å². The Labute approximate surface area is 111 Å². The van der Waals surface area contributed by atoms with Crippen LogP contribution in [0.1, 0.15) is 38.8 Å². The molecule has 18 heavy (non-hydrogen) atoms. The summed E-state index contributed by atoms with van der Waals surface area (Å²) in [6.45, 7) is 11.5. The lowest BCUT2D eigenvalue weighted by molar-refractivity contribution is 0.214. The Balaban J connectivity index is 2.11. The normalized spacial score (nSPS) is 21.1. The van der Waals surface area contributed by atoms with Crippen LogP contribution in [0.5, 0.6) is 0 Å². The molecule has 2 rings (SSSR count). The third-order valence-corrected chi connectivity index (χ3v) is 3.92. The summed E-state index contributed by atoms with van der Waals surface area (Å²) < 4.78 is 0. The summed E-state index contributed by atoms with van der Waals surface area (Å²) >= 11 is 0. The maximum atomic E-state index is 3.51. The minimum Gasteiger partial charge on any atom is -0.315 e. The molecule has 0 aliphatic carbocycles. The number of rotatable bonds is 5. The second-order valence-electron chi connectivity index (χ2n) is 6.12. The van der Waals surface area contributed by atoms with Gasteiger partial charge in [-0.3, -0.25) is 4.90 Å². The molecule has 1 aromatic carbocycles. The number of likely N-dealkylation sites (N-methyl/N-ethyl adjacent to an activating group) is 1. The van der Waals surface area contributed by atoms with Crippen LogP contribution in [0.15, 0.2) is 30.3 Å². The molecule has 1 aliphatic heterocycles. The molecule has 1 heterocycles. The summed E-state index contributed by atoms with van der Waals surface area (Å²) in [6, 6.07) is 11.4. The van der Waals surface area contributed by atoms with Gasteiger partial charge in [0.25, 0.3) is 0 Å². The molecule has 2 nitrogen and oxygen atoms in total. The molecular formula is C16H26N2. The van der Waals surface area contributed by atoms with Crippen molar-refractivity contribution in [3.05, 3.63) is 35.9 Å². The Morgan fingerprint density at radius 3 is 2.56 bits per heavy atom. The van der Waals surface area contributed by atoms with Gasteiger partial charge in [0.1, 0.15) is 0 Å². The summed E-state index contributed by atoms with van der Waals surface area (Å²) in [4.78, 5) is 2.64. The molecule has 1 unspecified atom stereocenters. The highest BCUT2D eigenvalue weighted by molar-refractivity contribution is 5.20. The predicted octanol–water partition coefficient (Wildman–Crippen LogP) is 3.07. The molecule has 0 spiro atoms. The Bertz CT molecular complexity index is 359. The van der Waals surface area contributed by atoms with Crippen LogP contribution < -0.4 is 5.32 Å². The maximum Gasteiger partial charge on any atom is 0.0472 e. The molecular weight excluding hydrogens is 220 g/mol. The van der Waals surface area contributed by atoms with E-state index >= 15 is 0 Å². The topological polar surface area (TPSA) is 15.3 Å². The van der Waals surface area contributed by atoms with E-state index in [-0.39, 0.29) is 0 Å². The van der Waals surface area contributed by atoms with Crippen molar-refractivity contribution in [3.63, 3.8) is 0 Å². The zero-order valence-corrected chi connectivity index (χ0v) is 11.9. The van der Waals surface area contributed by atoms with E-state index in [4.69, 9.17) is 0 Å². The van der Waals surface area contributed by atoms with E-state index in [1.165, 1.54) is 25.1 Å². The second kappa shape index (κ2) is 5.85. The summed E-state index contributed by atoms with van der Waals surface area (Å²) in [6.07, 6.45) is 1.31. The lowest BCUT2D eigenvalue weighted by Gasteiger charge is -2.29. The van der Waals surface area contributed by atoms with Gasteiger partial charge in [-0.05, 0) is 30.5 Å². The molecule has 0 saturated carbocycles. The van der Waals surface area contributed by atoms with Crippen molar-refractivity contribution in [1.82, 2.24) is 10.2 Å². The van der Waals surface area contributed by atoms with Gasteiger partial charge in [0, 0.05) is 19.1 Å². The molecule has 0 radical (unpaired) electrons. The van der Waals surface area contributed by atoms with Gasteiger partial charge < -0.3 is 5.32 Å². The Hall–Kier alpha value is -0.860. The van der Waals surface area contributed by atoms with Crippen molar-refractivity contribution in [2.75, 3.05) is 26.2 Å².